The Morgan fingerprint density at radius 2 is 2.08 bits per heavy atom. The molecule has 0 saturated heterocycles. The fourth-order valence-corrected chi connectivity index (χ4v) is 3.36. The molecule has 3 aliphatic carbocycles. The lowest BCUT2D eigenvalue weighted by atomic mass is 9.45. The van der Waals surface area contributed by atoms with E-state index in [0.717, 1.165) is 18.3 Å². The number of isocyanates is 1. The Bertz CT molecular complexity index is 265. The van der Waals surface area contributed by atoms with Gasteiger partial charge < -0.3 is 0 Å². The first-order valence-corrected chi connectivity index (χ1v) is 5.14. The lowest BCUT2D eigenvalue weighted by Crippen LogP contribution is -2.56. The molecule has 3 rings (SSSR count). The summed E-state index contributed by atoms with van der Waals surface area (Å²) in [6.45, 7) is 6.93. The van der Waals surface area contributed by atoms with Crippen LogP contribution in [0.1, 0.15) is 33.6 Å². The second-order valence-electron chi connectivity index (χ2n) is 5.24. The number of fused-ring (bicyclic) bond motifs is 2. The third-order valence-corrected chi connectivity index (χ3v) is 4.53. The summed E-state index contributed by atoms with van der Waals surface area (Å²) in [6, 6.07) is 0.259. The molecule has 0 amide bonds. The van der Waals surface area contributed by atoms with Crippen LogP contribution < -0.4 is 0 Å². The maximum absolute atomic E-state index is 10.2. The van der Waals surface area contributed by atoms with Crippen molar-refractivity contribution in [3.63, 3.8) is 0 Å². The highest BCUT2D eigenvalue weighted by molar-refractivity contribution is 5.34. The summed E-state index contributed by atoms with van der Waals surface area (Å²) >= 11 is 0. The van der Waals surface area contributed by atoms with Crippen LogP contribution in [0.25, 0.3) is 0 Å². The number of hydrogen-bond acceptors (Lipinski definition) is 2. The van der Waals surface area contributed by atoms with Gasteiger partial charge in [-0.3, -0.25) is 0 Å². The fraction of sp³-hybridized carbons (Fsp3) is 0.909. The van der Waals surface area contributed by atoms with Crippen LogP contribution in [-0.2, 0) is 4.79 Å². The predicted molar refractivity (Wildman–Crippen MR) is 51.1 cm³/mol. The maximum Gasteiger partial charge on any atom is 0.235 e. The molecule has 3 aliphatic rings. The summed E-state index contributed by atoms with van der Waals surface area (Å²) in [4.78, 5) is 14.1. The van der Waals surface area contributed by atoms with Gasteiger partial charge in [0.05, 0.1) is 6.04 Å². The van der Waals surface area contributed by atoms with E-state index < -0.39 is 0 Å². The quantitative estimate of drug-likeness (QED) is 0.449. The minimum Gasteiger partial charge on any atom is -0.211 e. The number of rotatable bonds is 1. The number of aliphatic imine (C=N–C) groups is 1. The summed E-state index contributed by atoms with van der Waals surface area (Å²) in [5.74, 6) is 2.13. The Balaban J connectivity index is 2.16. The van der Waals surface area contributed by atoms with E-state index in [9.17, 15) is 4.79 Å². The largest absolute Gasteiger partial charge is 0.235 e. The van der Waals surface area contributed by atoms with Crippen LogP contribution in [0.5, 0.6) is 0 Å². The molecule has 3 fully saturated rings. The van der Waals surface area contributed by atoms with Crippen LogP contribution in [0, 0.1) is 23.2 Å². The molecule has 0 unspecified atom stereocenters. The van der Waals surface area contributed by atoms with Gasteiger partial charge in [-0.2, -0.15) is 0 Å². The van der Waals surface area contributed by atoms with Gasteiger partial charge in [0.15, 0.2) is 0 Å². The van der Waals surface area contributed by atoms with Crippen molar-refractivity contribution in [2.24, 2.45) is 28.2 Å². The summed E-state index contributed by atoms with van der Waals surface area (Å²) < 4.78 is 0. The highest BCUT2D eigenvalue weighted by atomic mass is 16.1. The second kappa shape index (κ2) is 2.68. The highest BCUT2D eigenvalue weighted by Crippen LogP contribution is 2.61. The van der Waals surface area contributed by atoms with Gasteiger partial charge in [-0.15, -0.1) is 0 Å². The average molecular weight is 179 g/mol. The Hall–Kier alpha value is -0.620. The molecule has 0 aromatic rings. The summed E-state index contributed by atoms with van der Waals surface area (Å²) in [5.41, 5.74) is 0.494. The lowest BCUT2D eigenvalue weighted by molar-refractivity contribution is -0.108. The van der Waals surface area contributed by atoms with Crippen molar-refractivity contribution in [2.45, 2.75) is 39.7 Å². The predicted octanol–water partition coefficient (Wildman–Crippen LogP) is 2.39. The van der Waals surface area contributed by atoms with Crippen molar-refractivity contribution in [1.29, 1.82) is 0 Å². The minimum absolute atomic E-state index is 0.259. The van der Waals surface area contributed by atoms with E-state index in [4.69, 9.17) is 0 Å². The van der Waals surface area contributed by atoms with Crippen LogP contribution in [0.3, 0.4) is 0 Å². The van der Waals surface area contributed by atoms with E-state index in [-0.39, 0.29) is 6.04 Å². The Morgan fingerprint density at radius 3 is 2.54 bits per heavy atom. The Labute approximate surface area is 79.4 Å². The van der Waals surface area contributed by atoms with Crippen LogP contribution in [0.2, 0.25) is 0 Å². The van der Waals surface area contributed by atoms with Gasteiger partial charge in [0.2, 0.25) is 6.08 Å². The first-order chi connectivity index (χ1) is 6.07. The number of hydrogen-bond donors (Lipinski definition) is 0. The smallest absolute Gasteiger partial charge is 0.211 e. The van der Waals surface area contributed by atoms with Gasteiger partial charge in [-0.05, 0) is 36.0 Å². The molecule has 0 heterocycles. The van der Waals surface area contributed by atoms with Gasteiger partial charge in [-0.25, -0.2) is 9.79 Å². The van der Waals surface area contributed by atoms with Crippen LogP contribution in [0.4, 0.5) is 0 Å². The van der Waals surface area contributed by atoms with Crippen molar-refractivity contribution < 1.29 is 4.79 Å². The lowest BCUT2D eigenvalue weighted by Gasteiger charge is -2.61. The maximum atomic E-state index is 10.2. The SMILES string of the molecule is C[C@@H]1[C@@H](N=C=O)C[C@H]2C[C@@H]1C2(C)C. The molecule has 0 aromatic heterocycles. The zero-order valence-electron chi connectivity index (χ0n) is 8.58. The van der Waals surface area contributed by atoms with E-state index in [1.807, 2.05) is 0 Å². The molecule has 0 radical (unpaired) electrons. The Morgan fingerprint density at radius 1 is 1.38 bits per heavy atom. The topological polar surface area (TPSA) is 29.4 Å². The zero-order valence-corrected chi connectivity index (χ0v) is 8.58. The first kappa shape index (κ1) is 8.96. The average Bonchev–Trinajstić information content (AvgIpc) is 2.08. The summed E-state index contributed by atoms with van der Waals surface area (Å²) in [5, 5.41) is 0. The molecule has 2 heteroatoms. The number of nitrogens with zero attached hydrogens (tertiary/aromatic N) is 1. The molecule has 13 heavy (non-hydrogen) atoms. The highest BCUT2D eigenvalue weighted by Gasteiger charge is 2.56. The molecule has 4 atom stereocenters. The zero-order chi connectivity index (χ0) is 9.64. The van der Waals surface area contributed by atoms with Crippen molar-refractivity contribution in [3.8, 4) is 0 Å². The van der Waals surface area contributed by atoms with Crippen molar-refractivity contribution in [3.05, 3.63) is 0 Å². The normalized spacial score (nSPS) is 46.1. The molecule has 3 saturated carbocycles. The van der Waals surface area contributed by atoms with E-state index >= 15 is 0 Å². The van der Waals surface area contributed by atoms with Crippen LogP contribution >= 0.6 is 0 Å². The summed E-state index contributed by atoms with van der Waals surface area (Å²) in [7, 11) is 0. The van der Waals surface area contributed by atoms with Crippen molar-refractivity contribution in [1.82, 2.24) is 0 Å². The molecule has 2 bridgehead atoms. The van der Waals surface area contributed by atoms with Gasteiger partial charge in [-0.1, -0.05) is 20.8 Å². The molecular formula is C11H17NO. The molecule has 0 aromatic carbocycles. The van der Waals surface area contributed by atoms with Crippen LogP contribution in [0.15, 0.2) is 4.99 Å². The standard InChI is InChI=1S/C11H17NO/c1-7-9-4-8(11(9,2)3)5-10(7)12-6-13/h7-10H,4-5H2,1-3H3/t7-,8+,9-,10-/m0/s1. The van der Waals surface area contributed by atoms with Gasteiger partial charge in [0.1, 0.15) is 0 Å². The van der Waals surface area contributed by atoms with Crippen LogP contribution in [-0.4, -0.2) is 12.1 Å². The second-order valence-corrected chi connectivity index (χ2v) is 5.24. The third kappa shape index (κ3) is 1.08. The fourth-order valence-electron chi connectivity index (χ4n) is 3.36. The molecule has 2 nitrogen and oxygen atoms in total. The van der Waals surface area contributed by atoms with Crippen molar-refractivity contribution in [2.75, 3.05) is 0 Å². The van der Waals surface area contributed by atoms with Crippen molar-refractivity contribution >= 4 is 6.08 Å². The number of carbonyl (C=O) groups excluding carboxylic acids is 1. The summed E-state index contributed by atoms with van der Waals surface area (Å²) in [6.07, 6.45) is 4.15. The molecular weight excluding hydrogens is 162 g/mol. The minimum atomic E-state index is 0.259. The molecule has 0 aliphatic heterocycles. The van der Waals surface area contributed by atoms with Gasteiger partial charge in [0.25, 0.3) is 0 Å². The van der Waals surface area contributed by atoms with E-state index in [1.54, 1.807) is 6.08 Å². The molecule has 72 valence electrons. The van der Waals surface area contributed by atoms with E-state index in [0.29, 0.717) is 11.3 Å². The van der Waals surface area contributed by atoms with E-state index in [1.165, 1.54) is 6.42 Å². The Kier molecular flexibility index (Phi) is 1.85. The first-order valence-electron chi connectivity index (χ1n) is 5.14. The van der Waals surface area contributed by atoms with Gasteiger partial charge >= 0.3 is 0 Å². The molecule has 0 spiro atoms. The monoisotopic (exact) mass is 179 g/mol. The van der Waals surface area contributed by atoms with E-state index in [2.05, 4.69) is 25.8 Å². The molecule has 0 N–H and O–H groups in total. The van der Waals surface area contributed by atoms with Gasteiger partial charge in [0, 0.05) is 0 Å². The third-order valence-electron chi connectivity index (χ3n) is 4.53.